The molecule has 18 heavy (non-hydrogen) atoms. The van der Waals surface area contributed by atoms with Crippen molar-refractivity contribution in [2.24, 2.45) is 5.92 Å². The smallest absolute Gasteiger partial charge is 0.287 e. The van der Waals surface area contributed by atoms with Gasteiger partial charge in [0.25, 0.3) is 5.69 Å². The Hall–Kier alpha value is -2.18. The van der Waals surface area contributed by atoms with Crippen LogP contribution in [0.15, 0.2) is 18.3 Å². The van der Waals surface area contributed by atoms with Crippen LogP contribution >= 0.6 is 0 Å². The maximum absolute atomic E-state index is 11.2. The number of carbonyl (C=O) groups is 1. The molecule has 0 bridgehead atoms. The molecule has 0 aliphatic heterocycles. The minimum absolute atomic E-state index is 0.00606. The van der Waals surface area contributed by atoms with E-state index in [2.05, 4.69) is 15.6 Å². The van der Waals surface area contributed by atoms with Gasteiger partial charge in [0.05, 0.1) is 4.92 Å². The normalized spacial score (nSPS) is 10.2. The molecule has 1 rings (SSSR count). The van der Waals surface area contributed by atoms with Crippen LogP contribution in [0.25, 0.3) is 0 Å². The zero-order valence-electron chi connectivity index (χ0n) is 10.3. The molecule has 7 heteroatoms. The first-order chi connectivity index (χ1) is 8.50. The van der Waals surface area contributed by atoms with Crippen molar-refractivity contribution >= 4 is 17.4 Å². The number of amides is 1. The summed E-state index contributed by atoms with van der Waals surface area (Å²) in [6, 6.07) is 2.91. The summed E-state index contributed by atoms with van der Waals surface area (Å²) >= 11 is 0. The average molecular weight is 252 g/mol. The van der Waals surface area contributed by atoms with Crippen molar-refractivity contribution < 1.29 is 9.72 Å². The standard InChI is InChI=1S/C11H16N4O3/c1-8(2)11(16)13-6-5-12-10-4-3-9(7-14-10)15(17)18/h3-4,7-8H,5-6H2,1-2H3,(H,12,14)(H,13,16). The van der Waals surface area contributed by atoms with Crippen molar-refractivity contribution in [2.75, 3.05) is 18.4 Å². The Kier molecular flexibility index (Phi) is 5.04. The Bertz CT molecular complexity index is 417. The van der Waals surface area contributed by atoms with Gasteiger partial charge in [-0.3, -0.25) is 14.9 Å². The van der Waals surface area contributed by atoms with Gasteiger partial charge in [-0.2, -0.15) is 0 Å². The predicted molar refractivity (Wildman–Crippen MR) is 67.2 cm³/mol. The summed E-state index contributed by atoms with van der Waals surface area (Å²) < 4.78 is 0. The molecule has 1 amide bonds. The van der Waals surface area contributed by atoms with E-state index in [4.69, 9.17) is 0 Å². The van der Waals surface area contributed by atoms with E-state index in [0.717, 1.165) is 0 Å². The van der Waals surface area contributed by atoms with Gasteiger partial charge in [0.15, 0.2) is 0 Å². The number of nitrogens with one attached hydrogen (secondary N) is 2. The zero-order valence-corrected chi connectivity index (χ0v) is 10.3. The van der Waals surface area contributed by atoms with E-state index >= 15 is 0 Å². The summed E-state index contributed by atoms with van der Waals surface area (Å²) in [7, 11) is 0. The average Bonchev–Trinajstić information content (AvgIpc) is 2.34. The van der Waals surface area contributed by atoms with E-state index in [1.165, 1.54) is 18.3 Å². The largest absolute Gasteiger partial charge is 0.368 e. The second-order valence-corrected chi connectivity index (χ2v) is 4.03. The Balaban J connectivity index is 2.31. The van der Waals surface area contributed by atoms with E-state index < -0.39 is 4.92 Å². The number of carbonyl (C=O) groups excluding carboxylic acids is 1. The summed E-state index contributed by atoms with van der Waals surface area (Å²) in [6.45, 7) is 4.64. The Morgan fingerprint density at radius 2 is 2.17 bits per heavy atom. The Morgan fingerprint density at radius 3 is 2.67 bits per heavy atom. The SMILES string of the molecule is CC(C)C(=O)NCCNc1ccc([N+](=O)[O-])cn1. The van der Waals surface area contributed by atoms with E-state index in [-0.39, 0.29) is 17.5 Å². The molecule has 98 valence electrons. The van der Waals surface area contributed by atoms with Gasteiger partial charge in [-0.15, -0.1) is 0 Å². The van der Waals surface area contributed by atoms with Gasteiger partial charge in [0.1, 0.15) is 12.0 Å². The number of aromatic nitrogens is 1. The monoisotopic (exact) mass is 252 g/mol. The van der Waals surface area contributed by atoms with Crippen molar-refractivity contribution in [1.29, 1.82) is 0 Å². The second-order valence-electron chi connectivity index (χ2n) is 4.03. The molecule has 0 aliphatic carbocycles. The summed E-state index contributed by atoms with van der Waals surface area (Å²) in [5, 5.41) is 16.1. The van der Waals surface area contributed by atoms with Crippen LogP contribution in [0.3, 0.4) is 0 Å². The van der Waals surface area contributed by atoms with E-state index in [1.807, 2.05) is 13.8 Å². The van der Waals surface area contributed by atoms with Gasteiger partial charge in [-0.25, -0.2) is 4.98 Å². The molecule has 0 atom stereocenters. The lowest BCUT2D eigenvalue weighted by Crippen LogP contribution is -2.31. The highest BCUT2D eigenvalue weighted by atomic mass is 16.6. The molecule has 1 aromatic rings. The quantitative estimate of drug-likeness (QED) is 0.450. The third-order valence-electron chi connectivity index (χ3n) is 2.21. The molecule has 0 radical (unpaired) electrons. The maximum Gasteiger partial charge on any atom is 0.287 e. The van der Waals surface area contributed by atoms with E-state index in [0.29, 0.717) is 18.9 Å². The summed E-state index contributed by atoms with van der Waals surface area (Å²) in [6.07, 6.45) is 1.19. The lowest BCUT2D eigenvalue weighted by Gasteiger charge is -2.08. The number of nitrogens with zero attached hydrogens (tertiary/aromatic N) is 2. The molecule has 0 saturated carbocycles. The van der Waals surface area contributed by atoms with Crippen LogP contribution in [0.2, 0.25) is 0 Å². The van der Waals surface area contributed by atoms with Crippen molar-refractivity contribution in [3.8, 4) is 0 Å². The molecule has 2 N–H and O–H groups in total. The highest BCUT2D eigenvalue weighted by Crippen LogP contribution is 2.11. The van der Waals surface area contributed by atoms with Crippen molar-refractivity contribution in [3.05, 3.63) is 28.4 Å². The Morgan fingerprint density at radius 1 is 1.44 bits per heavy atom. The topological polar surface area (TPSA) is 97.2 Å². The molecule has 1 aromatic heterocycles. The number of anilines is 1. The van der Waals surface area contributed by atoms with E-state index in [9.17, 15) is 14.9 Å². The molecular formula is C11H16N4O3. The third kappa shape index (κ3) is 4.36. The van der Waals surface area contributed by atoms with E-state index in [1.54, 1.807) is 0 Å². The van der Waals surface area contributed by atoms with Crippen LogP contribution in [0.1, 0.15) is 13.8 Å². The van der Waals surface area contributed by atoms with Crippen molar-refractivity contribution in [1.82, 2.24) is 10.3 Å². The van der Waals surface area contributed by atoms with Gasteiger partial charge in [0, 0.05) is 25.1 Å². The van der Waals surface area contributed by atoms with Crippen LogP contribution < -0.4 is 10.6 Å². The van der Waals surface area contributed by atoms with Gasteiger partial charge >= 0.3 is 0 Å². The van der Waals surface area contributed by atoms with Crippen molar-refractivity contribution in [3.63, 3.8) is 0 Å². The lowest BCUT2D eigenvalue weighted by atomic mass is 10.2. The second kappa shape index (κ2) is 6.53. The third-order valence-corrected chi connectivity index (χ3v) is 2.21. The van der Waals surface area contributed by atoms with Crippen LogP contribution in [0.5, 0.6) is 0 Å². The molecule has 0 fully saturated rings. The first-order valence-corrected chi connectivity index (χ1v) is 5.62. The number of rotatable bonds is 6. The number of pyridine rings is 1. The van der Waals surface area contributed by atoms with Crippen LogP contribution in [-0.2, 0) is 4.79 Å². The van der Waals surface area contributed by atoms with Gasteiger partial charge < -0.3 is 10.6 Å². The molecule has 0 aromatic carbocycles. The fraction of sp³-hybridized carbons (Fsp3) is 0.455. The van der Waals surface area contributed by atoms with Gasteiger partial charge in [-0.1, -0.05) is 13.8 Å². The van der Waals surface area contributed by atoms with Crippen molar-refractivity contribution in [2.45, 2.75) is 13.8 Å². The van der Waals surface area contributed by atoms with Crippen LogP contribution in [0.4, 0.5) is 11.5 Å². The molecular weight excluding hydrogens is 236 g/mol. The lowest BCUT2D eigenvalue weighted by molar-refractivity contribution is -0.385. The molecule has 0 saturated heterocycles. The predicted octanol–water partition coefficient (Wildman–Crippen LogP) is 1.17. The first kappa shape index (κ1) is 13.9. The van der Waals surface area contributed by atoms with Gasteiger partial charge in [-0.05, 0) is 6.07 Å². The minimum atomic E-state index is -0.500. The summed E-state index contributed by atoms with van der Waals surface area (Å²) in [5.74, 6) is 0.496. The first-order valence-electron chi connectivity index (χ1n) is 5.62. The fourth-order valence-corrected chi connectivity index (χ4v) is 1.18. The molecule has 0 unspecified atom stereocenters. The summed E-state index contributed by atoms with van der Waals surface area (Å²) in [4.78, 5) is 25.0. The number of nitro groups is 1. The molecule has 7 nitrogen and oxygen atoms in total. The van der Waals surface area contributed by atoms with Gasteiger partial charge in [0.2, 0.25) is 5.91 Å². The number of hydrogen-bond acceptors (Lipinski definition) is 5. The molecule has 1 heterocycles. The molecule has 0 aliphatic rings. The number of hydrogen-bond donors (Lipinski definition) is 2. The highest BCUT2D eigenvalue weighted by molar-refractivity contribution is 5.77. The highest BCUT2D eigenvalue weighted by Gasteiger charge is 2.06. The maximum atomic E-state index is 11.2. The minimum Gasteiger partial charge on any atom is -0.368 e. The Labute approximate surface area is 105 Å². The zero-order chi connectivity index (χ0) is 13.5. The fourth-order valence-electron chi connectivity index (χ4n) is 1.18. The van der Waals surface area contributed by atoms with Crippen LogP contribution in [-0.4, -0.2) is 28.9 Å². The molecule has 0 spiro atoms. The van der Waals surface area contributed by atoms with Crippen LogP contribution in [0, 0.1) is 16.0 Å². The summed E-state index contributed by atoms with van der Waals surface area (Å²) in [5.41, 5.74) is -0.0475.